The summed E-state index contributed by atoms with van der Waals surface area (Å²) in [5.74, 6) is -0.0194. The van der Waals surface area contributed by atoms with Crippen LogP contribution in [0, 0.1) is 0 Å². The van der Waals surface area contributed by atoms with E-state index in [1.165, 1.54) is 9.80 Å². The fraction of sp³-hybridized carbons (Fsp3) is 0.211. The molecule has 25 heavy (non-hydrogen) atoms. The van der Waals surface area contributed by atoms with E-state index in [0.717, 1.165) is 22.1 Å². The molecule has 1 saturated heterocycles. The zero-order chi connectivity index (χ0) is 18.1. The van der Waals surface area contributed by atoms with E-state index in [1.807, 2.05) is 43.3 Å². The highest BCUT2D eigenvalue weighted by Gasteiger charge is 2.35. The normalized spacial score (nSPS) is 15.2. The molecule has 1 heterocycles. The summed E-state index contributed by atoms with van der Waals surface area (Å²) in [7, 11) is 3.13. The van der Waals surface area contributed by atoms with Crippen LogP contribution in [0.25, 0.3) is 16.8 Å². The van der Waals surface area contributed by atoms with E-state index in [4.69, 9.17) is 17.0 Å². The molecule has 3 rings (SSSR count). The van der Waals surface area contributed by atoms with Gasteiger partial charge >= 0.3 is 0 Å². The first kappa shape index (κ1) is 17.1. The number of hydrogen-bond donors (Lipinski definition) is 0. The largest absolute Gasteiger partial charge is 0.493 e. The second-order valence-corrected chi connectivity index (χ2v) is 6.07. The number of hydrogen-bond acceptors (Lipinski definition) is 4. The van der Waals surface area contributed by atoms with Crippen LogP contribution in [0.5, 0.6) is 5.75 Å². The monoisotopic (exact) mass is 354 g/mol. The molecule has 0 N–H and O–H groups in total. The molecule has 0 unspecified atom stereocenters. The highest BCUT2D eigenvalue weighted by Crippen LogP contribution is 2.30. The SMILES string of the molecule is CCOc1ccc(C=C2C(=O)N(C)C(=S)N(C)C2=O)c2ccccc12. The number of fused-ring (bicyclic) bond motifs is 1. The molecule has 0 spiro atoms. The maximum atomic E-state index is 12.5. The molecule has 5 nitrogen and oxygen atoms in total. The number of thiocarbonyl (C=S) groups is 1. The lowest BCUT2D eigenvalue weighted by Gasteiger charge is -2.31. The van der Waals surface area contributed by atoms with Gasteiger partial charge in [-0.1, -0.05) is 30.3 Å². The smallest absolute Gasteiger partial charge is 0.265 e. The highest BCUT2D eigenvalue weighted by molar-refractivity contribution is 7.80. The van der Waals surface area contributed by atoms with Crippen molar-refractivity contribution in [3.63, 3.8) is 0 Å². The molecule has 6 heteroatoms. The average molecular weight is 354 g/mol. The Morgan fingerprint density at radius 1 is 1.00 bits per heavy atom. The first-order valence-electron chi connectivity index (χ1n) is 7.92. The van der Waals surface area contributed by atoms with Gasteiger partial charge in [0.1, 0.15) is 11.3 Å². The first-order valence-corrected chi connectivity index (χ1v) is 8.32. The molecule has 0 aromatic heterocycles. The third-order valence-corrected chi connectivity index (χ3v) is 4.71. The topological polar surface area (TPSA) is 49.9 Å². The van der Waals surface area contributed by atoms with Crippen molar-refractivity contribution < 1.29 is 14.3 Å². The van der Waals surface area contributed by atoms with Crippen LogP contribution in [0.2, 0.25) is 0 Å². The second-order valence-electron chi connectivity index (χ2n) is 5.70. The summed E-state index contributed by atoms with van der Waals surface area (Å²) in [5.41, 5.74) is 0.873. The summed E-state index contributed by atoms with van der Waals surface area (Å²) in [4.78, 5) is 27.6. The van der Waals surface area contributed by atoms with Crippen LogP contribution in [-0.2, 0) is 9.59 Å². The lowest BCUT2D eigenvalue weighted by Crippen LogP contribution is -2.52. The predicted molar refractivity (Wildman–Crippen MR) is 101 cm³/mol. The molecule has 0 bridgehead atoms. The molecule has 0 saturated carbocycles. The van der Waals surface area contributed by atoms with Gasteiger partial charge in [-0.3, -0.25) is 19.4 Å². The summed E-state index contributed by atoms with van der Waals surface area (Å²) in [5, 5.41) is 2.05. The Hall–Kier alpha value is -2.73. The van der Waals surface area contributed by atoms with Crippen LogP contribution < -0.4 is 4.74 Å². The van der Waals surface area contributed by atoms with E-state index < -0.39 is 11.8 Å². The Kier molecular flexibility index (Phi) is 4.55. The number of carbonyl (C=O) groups is 2. The number of carbonyl (C=O) groups excluding carboxylic acids is 2. The van der Waals surface area contributed by atoms with Crippen molar-refractivity contribution in [3.8, 4) is 5.75 Å². The van der Waals surface area contributed by atoms with Crippen LogP contribution in [-0.4, -0.2) is 47.4 Å². The molecule has 0 radical (unpaired) electrons. The van der Waals surface area contributed by atoms with E-state index in [1.54, 1.807) is 20.2 Å². The van der Waals surface area contributed by atoms with Gasteiger partial charge in [0.15, 0.2) is 5.11 Å². The minimum Gasteiger partial charge on any atom is -0.493 e. The lowest BCUT2D eigenvalue weighted by molar-refractivity contribution is -0.132. The van der Waals surface area contributed by atoms with Crippen molar-refractivity contribution in [1.82, 2.24) is 9.80 Å². The molecule has 1 aliphatic heterocycles. The van der Waals surface area contributed by atoms with Crippen LogP contribution in [0.3, 0.4) is 0 Å². The summed E-state index contributed by atoms with van der Waals surface area (Å²) in [6.07, 6.45) is 1.62. The summed E-state index contributed by atoms with van der Waals surface area (Å²) in [6, 6.07) is 11.5. The van der Waals surface area contributed by atoms with Gasteiger partial charge in [-0.05, 0) is 42.2 Å². The van der Waals surface area contributed by atoms with Crippen LogP contribution in [0.15, 0.2) is 42.0 Å². The second kappa shape index (κ2) is 6.64. The van der Waals surface area contributed by atoms with Gasteiger partial charge in [0.05, 0.1) is 6.61 Å². The minimum atomic E-state index is -0.397. The molecule has 2 amide bonds. The number of rotatable bonds is 3. The van der Waals surface area contributed by atoms with Crippen molar-refractivity contribution in [2.75, 3.05) is 20.7 Å². The Balaban J connectivity index is 2.15. The fourth-order valence-corrected chi connectivity index (χ4v) is 3.00. The van der Waals surface area contributed by atoms with Crippen LogP contribution in [0.4, 0.5) is 0 Å². The number of likely N-dealkylation sites (N-methyl/N-ethyl adjacent to an activating group) is 2. The van der Waals surface area contributed by atoms with E-state index in [2.05, 4.69) is 0 Å². The molecule has 1 fully saturated rings. The summed E-state index contributed by atoms with van der Waals surface area (Å²) < 4.78 is 5.67. The number of nitrogens with zero attached hydrogens (tertiary/aromatic N) is 2. The zero-order valence-corrected chi connectivity index (χ0v) is 15.1. The zero-order valence-electron chi connectivity index (χ0n) is 14.3. The van der Waals surface area contributed by atoms with E-state index in [0.29, 0.717) is 6.61 Å². The van der Waals surface area contributed by atoms with Gasteiger partial charge in [-0.25, -0.2) is 0 Å². The molecular formula is C19H18N2O3S. The lowest BCUT2D eigenvalue weighted by atomic mass is 10.00. The van der Waals surface area contributed by atoms with Gasteiger partial charge in [-0.2, -0.15) is 0 Å². The molecule has 0 aliphatic carbocycles. The molecule has 0 atom stereocenters. The Morgan fingerprint density at radius 3 is 2.20 bits per heavy atom. The van der Waals surface area contributed by atoms with Crippen molar-refractivity contribution in [2.24, 2.45) is 0 Å². The van der Waals surface area contributed by atoms with Crippen molar-refractivity contribution >= 4 is 46.0 Å². The number of ether oxygens (including phenoxy) is 1. The quantitative estimate of drug-likeness (QED) is 0.483. The van der Waals surface area contributed by atoms with Crippen molar-refractivity contribution in [1.29, 1.82) is 0 Å². The van der Waals surface area contributed by atoms with Gasteiger partial charge in [0.25, 0.3) is 11.8 Å². The standard InChI is InChI=1S/C19H18N2O3S/c1-4-24-16-10-9-12(13-7-5-6-8-14(13)16)11-15-17(22)20(2)19(25)21(3)18(15)23/h5-11H,4H2,1-3H3. The molecular weight excluding hydrogens is 336 g/mol. The van der Waals surface area contributed by atoms with Crippen molar-refractivity contribution in [3.05, 3.63) is 47.5 Å². The maximum Gasteiger partial charge on any atom is 0.265 e. The van der Waals surface area contributed by atoms with Crippen LogP contribution >= 0.6 is 12.2 Å². The third kappa shape index (κ3) is 2.89. The van der Waals surface area contributed by atoms with Crippen LogP contribution in [0.1, 0.15) is 12.5 Å². The summed E-state index contributed by atoms with van der Waals surface area (Å²) >= 11 is 5.11. The fourth-order valence-electron chi connectivity index (χ4n) is 2.83. The first-order chi connectivity index (χ1) is 12.0. The Morgan fingerprint density at radius 2 is 1.60 bits per heavy atom. The Bertz CT molecular complexity index is 894. The molecule has 1 aliphatic rings. The average Bonchev–Trinajstić information content (AvgIpc) is 2.63. The van der Waals surface area contributed by atoms with E-state index >= 15 is 0 Å². The Labute approximate surface area is 151 Å². The minimum absolute atomic E-state index is 0.0907. The predicted octanol–water partition coefficient (Wildman–Crippen LogP) is 2.84. The summed E-state index contributed by atoms with van der Waals surface area (Å²) in [6.45, 7) is 2.49. The van der Waals surface area contributed by atoms with Gasteiger partial charge < -0.3 is 4.74 Å². The third-order valence-electron chi connectivity index (χ3n) is 4.16. The highest BCUT2D eigenvalue weighted by atomic mass is 32.1. The number of benzene rings is 2. The number of amides is 2. The maximum absolute atomic E-state index is 12.5. The van der Waals surface area contributed by atoms with E-state index in [9.17, 15) is 9.59 Å². The molecule has 2 aromatic rings. The van der Waals surface area contributed by atoms with E-state index in [-0.39, 0.29) is 10.7 Å². The van der Waals surface area contributed by atoms with Gasteiger partial charge in [0, 0.05) is 19.5 Å². The van der Waals surface area contributed by atoms with Crippen molar-refractivity contribution in [2.45, 2.75) is 6.92 Å². The van der Waals surface area contributed by atoms with Gasteiger partial charge in [-0.15, -0.1) is 0 Å². The molecule has 128 valence electrons. The molecule has 2 aromatic carbocycles. The van der Waals surface area contributed by atoms with Gasteiger partial charge in [0.2, 0.25) is 0 Å².